The van der Waals surface area contributed by atoms with E-state index in [1.54, 1.807) is 0 Å². The Labute approximate surface area is 111 Å². The maximum Gasteiger partial charge on any atom is 0.0767 e. The first-order valence-corrected chi connectivity index (χ1v) is 7.13. The third-order valence-corrected chi connectivity index (χ3v) is 3.79. The van der Waals surface area contributed by atoms with Crippen molar-refractivity contribution in [3.63, 3.8) is 0 Å². The first-order chi connectivity index (χ1) is 8.30. The minimum Gasteiger partial charge on any atom is -0.389 e. The van der Waals surface area contributed by atoms with E-state index in [0.29, 0.717) is 6.54 Å². The molecular formula is C14H30N2O2. The van der Waals surface area contributed by atoms with Crippen LogP contribution in [0.15, 0.2) is 0 Å². The van der Waals surface area contributed by atoms with Gasteiger partial charge in [0.15, 0.2) is 0 Å². The molecule has 0 aromatic rings. The van der Waals surface area contributed by atoms with Gasteiger partial charge in [-0.1, -0.05) is 6.92 Å². The lowest BCUT2D eigenvalue weighted by molar-refractivity contribution is -0.129. The molecular weight excluding hydrogens is 228 g/mol. The van der Waals surface area contributed by atoms with Crippen LogP contribution in [0.5, 0.6) is 0 Å². The highest BCUT2D eigenvalue weighted by Crippen LogP contribution is 2.22. The Balaban J connectivity index is 2.35. The molecule has 4 nitrogen and oxygen atoms in total. The SMILES string of the molecule is CCC(O)(CN)CCCN1CC(C)OC(C)(C)C1. The van der Waals surface area contributed by atoms with Gasteiger partial charge in [-0.05, 0) is 46.6 Å². The van der Waals surface area contributed by atoms with E-state index in [-0.39, 0.29) is 11.7 Å². The van der Waals surface area contributed by atoms with Crippen molar-refractivity contribution in [3.05, 3.63) is 0 Å². The molecule has 2 unspecified atom stereocenters. The minimum atomic E-state index is -0.673. The van der Waals surface area contributed by atoms with Crippen molar-refractivity contribution in [2.24, 2.45) is 5.73 Å². The number of hydrogen-bond donors (Lipinski definition) is 2. The molecule has 18 heavy (non-hydrogen) atoms. The van der Waals surface area contributed by atoms with Gasteiger partial charge in [0.05, 0.1) is 17.3 Å². The largest absolute Gasteiger partial charge is 0.389 e. The van der Waals surface area contributed by atoms with Crippen LogP contribution in [0.1, 0.15) is 47.0 Å². The Kier molecular flexibility index (Phi) is 5.59. The van der Waals surface area contributed by atoms with Crippen molar-refractivity contribution in [3.8, 4) is 0 Å². The number of rotatable bonds is 6. The predicted octanol–water partition coefficient (Wildman–Crippen LogP) is 1.37. The van der Waals surface area contributed by atoms with E-state index in [4.69, 9.17) is 10.5 Å². The van der Waals surface area contributed by atoms with Crippen LogP contribution in [0.4, 0.5) is 0 Å². The summed E-state index contributed by atoms with van der Waals surface area (Å²) in [7, 11) is 0. The zero-order valence-corrected chi connectivity index (χ0v) is 12.4. The summed E-state index contributed by atoms with van der Waals surface area (Å²) in [4.78, 5) is 2.43. The lowest BCUT2D eigenvalue weighted by Gasteiger charge is -2.42. The van der Waals surface area contributed by atoms with Gasteiger partial charge in [0.2, 0.25) is 0 Å². The molecule has 1 aliphatic rings. The molecule has 1 fully saturated rings. The molecule has 0 amide bonds. The summed E-state index contributed by atoms with van der Waals surface area (Å²) in [5.74, 6) is 0. The van der Waals surface area contributed by atoms with Crippen LogP contribution in [0.25, 0.3) is 0 Å². The third kappa shape index (κ3) is 4.84. The van der Waals surface area contributed by atoms with Crippen LogP contribution in [0.3, 0.4) is 0 Å². The number of ether oxygens (including phenoxy) is 1. The van der Waals surface area contributed by atoms with E-state index in [1.165, 1.54) is 0 Å². The molecule has 0 aromatic heterocycles. The Bertz CT molecular complexity index is 252. The maximum absolute atomic E-state index is 10.1. The molecule has 1 rings (SSSR count). The molecule has 0 aliphatic carbocycles. The fourth-order valence-electron chi connectivity index (χ4n) is 2.81. The van der Waals surface area contributed by atoms with Gasteiger partial charge in [-0.15, -0.1) is 0 Å². The summed E-state index contributed by atoms with van der Waals surface area (Å²) < 4.78 is 5.88. The fraction of sp³-hybridized carbons (Fsp3) is 1.00. The summed E-state index contributed by atoms with van der Waals surface area (Å²) in [5, 5.41) is 10.1. The second-order valence-corrected chi connectivity index (χ2v) is 6.31. The quantitative estimate of drug-likeness (QED) is 0.755. The summed E-state index contributed by atoms with van der Waals surface area (Å²) in [6, 6.07) is 0. The highest BCUT2D eigenvalue weighted by Gasteiger charge is 2.31. The normalized spacial score (nSPS) is 28.0. The highest BCUT2D eigenvalue weighted by molar-refractivity contribution is 4.83. The average molecular weight is 258 g/mol. The topological polar surface area (TPSA) is 58.7 Å². The van der Waals surface area contributed by atoms with E-state index in [9.17, 15) is 5.11 Å². The van der Waals surface area contributed by atoms with Crippen LogP contribution >= 0.6 is 0 Å². The molecule has 3 N–H and O–H groups in total. The summed E-state index contributed by atoms with van der Waals surface area (Å²) in [6.45, 7) is 11.7. The van der Waals surface area contributed by atoms with Crippen LogP contribution in [0.2, 0.25) is 0 Å². The first kappa shape index (κ1) is 15.9. The first-order valence-electron chi connectivity index (χ1n) is 7.13. The van der Waals surface area contributed by atoms with Crippen molar-refractivity contribution in [2.75, 3.05) is 26.2 Å². The van der Waals surface area contributed by atoms with Crippen molar-refractivity contribution in [2.45, 2.75) is 64.3 Å². The number of nitrogens with zero attached hydrogens (tertiary/aromatic N) is 1. The number of aliphatic hydroxyl groups is 1. The number of nitrogens with two attached hydrogens (primary N) is 1. The molecule has 0 aromatic carbocycles. The second kappa shape index (κ2) is 6.33. The molecule has 4 heteroatoms. The molecule has 1 aliphatic heterocycles. The molecule has 1 heterocycles. The van der Waals surface area contributed by atoms with Crippen LogP contribution in [-0.2, 0) is 4.74 Å². The molecule has 0 spiro atoms. The van der Waals surface area contributed by atoms with Gasteiger partial charge in [0, 0.05) is 19.6 Å². The van der Waals surface area contributed by atoms with Crippen molar-refractivity contribution in [1.29, 1.82) is 0 Å². The van der Waals surface area contributed by atoms with E-state index in [0.717, 1.165) is 38.9 Å². The molecule has 0 saturated carbocycles. The van der Waals surface area contributed by atoms with E-state index >= 15 is 0 Å². The lowest BCUT2D eigenvalue weighted by atomic mass is 9.94. The predicted molar refractivity (Wildman–Crippen MR) is 74.6 cm³/mol. The highest BCUT2D eigenvalue weighted by atomic mass is 16.5. The van der Waals surface area contributed by atoms with Gasteiger partial charge < -0.3 is 15.6 Å². The third-order valence-electron chi connectivity index (χ3n) is 3.79. The fourth-order valence-corrected chi connectivity index (χ4v) is 2.81. The lowest BCUT2D eigenvalue weighted by Crippen LogP contribution is -2.52. The van der Waals surface area contributed by atoms with Crippen LogP contribution in [0, 0.1) is 0 Å². The van der Waals surface area contributed by atoms with Gasteiger partial charge in [-0.3, -0.25) is 4.90 Å². The minimum absolute atomic E-state index is 0.0629. The van der Waals surface area contributed by atoms with Crippen LogP contribution < -0.4 is 5.73 Å². The van der Waals surface area contributed by atoms with E-state index in [1.807, 2.05) is 6.92 Å². The van der Waals surface area contributed by atoms with Gasteiger partial charge in [0.1, 0.15) is 0 Å². The molecule has 0 radical (unpaired) electrons. The number of hydrogen-bond acceptors (Lipinski definition) is 4. The van der Waals surface area contributed by atoms with E-state index < -0.39 is 5.60 Å². The Morgan fingerprint density at radius 3 is 2.67 bits per heavy atom. The van der Waals surface area contributed by atoms with Gasteiger partial charge >= 0.3 is 0 Å². The Morgan fingerprint density at radius 2 is 2.17 bits per heavy atom. The van der Waals surface area contributed by atoms with Crippen molar-refractivity contribution in [1.82, 2.24) is 4.90 Å². The summed E-state index contributed by atoms with van der Waals surface area (Å²) in [5.41, 5.74) is 4.88. The van der Waals surface area contributed by atoms with Crippen molar-refractivity contribution < 1.29 is 9.84 Å². The Hall–Kier alpha value is -0.160. The van der Waals surface area contributed by atoms with E-state index in [2.05, 4.69) is 25.7 Å². The van der Waals surface area contributed by atoms with Gasteiger partial charge in [-0.25, -0.2) is 0 Å². The monoisotopic (exact) mass is 258 g/mol. The van der Waals surface area contributed by atoms with Gasteiger partial charge in [0.25, 0.3) is 0 Å². The smallest absolute Gasteiger partial charge is 0.0767 e. The second-order valence-electron chi connectivity index (χ2n) is 6.31. The molecule has 0 bridgehead atoms. The molecule has 2 atom stereocenters. The standard InChI is InChI=1S/C14H30N2O2/c1-5-14(17,10-15)7-6-8-16-9-12(2)18-13(3,4)11-16/h12,17H,5-11,15H2,1-4H3. The maximum atomic E-state index is 10.1. The van der Waals surface area contributed by atoms with Gasteiger partial charge in [-0.2, -0.15) is 0 Å². The molecule has 1 saturated heterocycles. The molecule has 108 valence electrons. The van der Waals surface area contributed by atoms with Crippen molar-refractivity contribution >= 4 is 0 Å². The summed E-state index contributed by atoms with van der Waals surface area (Å²) >= 11 is 0. The zero-order chi connectivity index (χ0) is 13.8. The average Bonchev–Trinajstić information content (AvgIpc) is 2.26. The summed E-state index contributed by atoms with van der Waals surface area (Å²) in [6.07, 6.45) is 2.79. The zero-order valence-electron chi connectivity index (χ0n) is 12.4. The number of morpholine rings is 1. The Morgan fingerprint density at radius 1 is 1.50 bits per heavy atom. The van der Waals surface area contributed by atoms with Crippen LogP contribution in [-0.4, -0.2) is 53.5 Å².